The molecular formula is C66H92F4N10O24S2. The Morgan fingerprint density at radius 1 is 0.396 bits per heavy atom. The van der Waals surface area contributed by atoms with E-state index >= 15 is 8.78 Å². The molecule has 4 amide bonds. The van der Waals surface area contributed by atoms with E-state index in [2.05, 4.69) is 30.1 Å². The molecule has 0 fully saturated rings. The average molecular weight is 1550 g/mol. The number of aliphatic hydroxyl groups is 2. The number of aliphatic imine (C=N–C) groups is 2. The van der Waals surface area contributed by atoms with E-state index in [1.807, 2.05) is 0 Å². The van der Waals surface area contributed by atoms with Gasteiger partial charge in [0, 0.05) is 48.5 Å². The predicted octanol–water partition coefficient (Wildman–Crippen LogP) is 0.644. The van der Waals surface area contributed by atoms with Crippen molar-refractivity contribution in [2.75, 3.05) is 185 Å². The first-order valence-corrected chi connectivity index (χ1v) is 35.8. The second-order valence-corrected chi connectivity index (χ2v) is 25.2. The van der Waals surface area contributed by atoms with Crippen LogP contribution in [0.2, 0.25) is 0 Å². The highest BCUT2D eigenvalue weighted by atomic mass is 32.2. The molecule has 0 aliphatic heterocycles. The third-order valence-electron chi connectivity index (χ3n) is 13.5. The van der Waals surface area contributed by atoms with Gasteiger partial charge in [-0.05, 0) is 98.8 Å². The minimum absolute atomic E-state index is 0.0130. The Morgan fingerprint density at radius 2 is 0.642 bits per heavy atom. The molecule has 2 unspecified atom stereocenters. The summed E-state index contributed by atoms with van der Waals surface area (Å²) in [5, 5.41) is 25.0. The van der Waals surface area contributed by atoms with Crippen LogP contribution in [0.1, 0.15) is 25.0 Å². The SMILES string of the molecule is C/C(=C\c1ccc(F)c(Oc2ccc(S(=O)(=O)NCCOCCOCCOCCOCCOCCOCCNC(=O)C(O)C(O)C(=O)NCCOCCOCCOCCOCCOCCOCCNS(=O)(=O)c3ccc(Oc4c(F)ccc(/C=C(\C)C(=O)N=C(N)N)c4F)cc3)cc2)c1F)C(=O)N=C(N)N. The standard InChI is InChI=1S/C66H92F4N10O24S2/c1-45(61(83)79-65(71)72)43-47-3-13-53(67)59(55(47)69)103-49-5-9-51(10-6-49)105(87,88)77-17-21-93-25-29-97-33-37-101-41-39-99-35-31-95-27-23-91-19-15-75-63(85)57(81)58(82)64(86)76-16-20-92-24-28-96-32-36-100-40-42-102-38-34-98-30-26-94-22-18-78-106(89,90)52-11-7-50(8-12-52)104-60-54(68)14-4-48(56(60)70)44-46(2)62(84)80-66(73)74/h3-14,43-44,57-58,77-78,81-82H,15-42H2,1-2H3,(H,75,85)(H,76,86)(H4,71,72,79,83)(H4,73,74,80,84)/b45-43+,46-44+. The fraction of sp³-hybridized carbons (Fsp3) is 0.485. The van der Waals surface area contributed by atoms with Crippen molar-refractivity contribution in [1.82, 2.24) is 20.1 Å². The molecule has 4 rings (SSSR count). The topological polar surface area (TPSA) is 483 Å². The molecule has 590 valence electrons. The van der Waals surface area contributed by atoms with Gasteiger partial charge in [-0.1, -0.05) is 0 Å². The van der Waals surface area contributed by atoms with Crippen molar-refractivity contribution < 1.29 is 130 Å². The van der Waals surface area contributed by atoms with Crippen LogP contribution in [0.4, 0.5) is 17.6 Å². The minimum Gasteiger partial charge on any atom is -0.451 e. The Kier molecular flexibility index (Phi) is 43.5. The van der Waals surface area contributed by atoms with Gasteiger partial charge in [-0.15, -0.1) is 0 Å². The number of hydrogen-bond acceptors (Lipinski definition) is 24. The molecule has 34 nitrogen and oxygen atoms in total. The molecule has 4 aromatic rings. The molecule has 40 heteroatoms. The molecule has 0 aliphatic rings. The summed E-state index contributed by atoms with van der Waals surface area (Å²) in [5.41, 5.74) is 20.4. The molecule has 0 aliphatic carbocycles. The Labute approximate surface area is 610 Å². The quantitative estimate of drug-likeness (QED) is 0.00953. The van der Waals surface area contributed by atoms with Crippen LogP contribution in [0.3, 0.4) is 0 Å². The van der Waals surface area contributed by atoms with E-state index in [1.54, 1.807) is 0 Å². The maximum Gasteiger partial charge on any atom is 0.275 e. The van der Waals surface area contributed by atoms with E-state index in [-0.39, 0.29) is 175 Å². The van der Waals surface area contributed by atoms with Gasteiger partial charge in [0.25, 0.3) is 23.6 Å². The second-order valence-electron chi connectivity index (χ2n) is 21.7. The van der Waals surface area contributed by atoms with Crippen LogP contribution in [0.15, 0.2) is 104 Å². The smallest absolute Gasteiger partial charge is 0.275 e. The number of amides is 4. The Bertz CT molecular complexity index is 3460. The Morgan fingerprint density at radius 3 is 0.896 bits per heavy atom. The zero-order chi connectivity index (χ0) is 77.5. The summed E-state index contributed by atoms with van der Waals surface area (Å²) in [6.45, 7) is 7.94. The van der Waals surface area contributed by atoms with E-state index in [4.69, 9.17) is 89.3 Å². The van der Waals surface area contributed by atoms with E-state index in [0.29, 0.717) is 52.9 Å². The maximum absolute atomic E-state index is 15.2. The largest absolute Gasteiger partial charge is 0.451 e. The van der Waals surface area contributed by atoms with Crippen LogP contribution in [-0.2, 0) is 96.1 Å². The molecule has 4 aromatic carbocycles. The fourth-order valence-corrected chi connectivity index (χ4v) is 10.2. The molecule has 0 saturated heterocycles. The highest BCUT2D eigenvalue weighted by Crippen LogP contribution is 2.33. The molecule has 14 N–H and O–H groups in total. The lowest BCUT2D eigenvalue weighted by atomic mass is 10.1. The summed E-state index contributed by atoms with van der Waals surface area (Å²) >= 11 is 0. The normalized spacial score (nSPS) is 12.5. The van der Waals surface area contributed by atoms with Gasteiger partial charge in [0.05, 0.1) is 168 Å². The number of nitrogens with zero attached hydrogens (tertiary/aromatic N) is 2. The van der Waals surface area contributed by atoms with Crippen LogP contribution in [-0.4, -0.2) is 260 Å². The Hall–Kier alpha value is -8.24. The first-order chi connectivity index (χ1) is 50.8. The van der Waals surface area contributed by atoms with Crippen molar-refractivity contribution >= 4 is 67.7 Å². The zero-order valence-electron chi connectivity index (χ0n) is 58.4. The number of nitrogens with one attached hydrogen (secondary N) is 4. The predicted molar refractivity (Wildman–Crippen MR) is 373 cm³/mol. The van der Waals surface area contributed by atoms with E-state index in [0.717, 1.165) is 36.4 Å². The molecule has 106 heavy (non-hydrogen) atoms. The summed E-state index contributed by atoms with van der Waals surface area (Å²) in [6, 6.07) is 13.7. The number of nitrogens with two attached hydrogens (primary N) is 4. The number of benzene rings is 4. The maximum atomic E-state index is 15.2. The molecule has 0 bridgehead atoms. The summed E-state index contributed by atoms with van der Waals surface area (Å²) < 4.78 is 191. The average Bonchev–Trinajstić information content (AvgIpc) is 0.816. The fourth-order valence-electron chi connectivity index (χ4n) is 8.17. The number of carbonyl (C=O) groups excluding carboxylic acids is 4. The number of rotatable bonds is 57. The monoisotopic (exact) mass is 1550 g/mol. The van der Waals surface area contributed by atoms with E-state index < -0.39 is 103 Å². The first-order valence-electron chi connectivity index (χ1n) is 32.8. The zero-order valence-corrected chi connectivity index (χ0v) is 60.1. The van der Waals surface area contributed by atoms with Crippen molar-refractivity contribution in [1.29, 1.82) is 0 Å². The highest BCUT2D eigenvalue weighted by Gasteiger charge is 2.30. The van der Waals surface area contributed by atoms with E-state index in [9.17, 15) is 55.0 Å². The summed E-state index contributed by atoms with van der Waals surface area (Å²) in [6.07, 6.45) is -1.83. The number of sulfonamides is 2. The molecule has 0 radical (unpaired) electrons. The van der Waals surface area contributed by atoms with Crippen molar-refractivity contribution in [3.63, 3.8) is 0 Å². The van der Waals surface area contributed by atoms with Crippen LogP contribution in [0.5, 0.6) is 23.0 Å². The second kappa shape index (κ2) is 51.1. The third-order valence-corrected chi connectivity index (χ3v) is 16.4. The molecule has 0 saturated carbocycles. The summed E-state index contributed by atoms with van der Waals surface area (Å²) in [7, 11) is -7.95. The number of guanidine groups is 2. The van der Waals surface area contributed by atoms with Crippen LogP contribution in [0, 0.1) is 23.3 Å². The van der Waals surface area contributed by atoms with Gasteiger partial charge in [-0.25, -0.2) is 43.8 Å². The van der Waals surface area contributed by atoms with Crippen LogP contribution >= 0.6 is 0 Å². The molecule has 0 heterocycles. The van der Waals surface area contributed by atoms with Gasteiger partial charge in [0.15, 0.2) is 58.9 Å². The summed E-state index contributed by atoms with van der Waals surface area (Å²) in [4.78, 5) is 55.0. The van der Waals surface area contributed by atoms with Crippen LogP contribution in [0.25, 0.3) is 12.2 Å². The number of ether oxygens (including phenoxy) is 14. The lowest BCUT2D eigenvalue weighted by Gasteiger charge is -2.17. The van der Waals surface area contributed by atoms with Gasteiger partial charge in [-0.3, -0.25) is 19.2 Å². The van der Waals surface area contributed by atoms with Crippen molar-refractivity contribution in [3.8, 4) is 23.0 Å². The minimum atomic E-state index is -3.97. The highest BCUT2D eigenvalue weighted by molar-refractivity contribution is 7.89. The van der Waals surface area contributed by atoms with E-state index in [1.165, 1.54) is 62.4 Å². The molecule has 0 aromatic heterocycles. The van der Waals surface area contributed by atoms with Gasteiger partial charge < -0.3 is 110 Å². The third kappa shape index (κ3) is 36.4. The summed E-state index contributed by atoms with van der Waals surface area (Å²) in [5.74, 6) is -10.6. The number of hydrogen-bond donors (Lipinski definition) is 10. The van der Waals surface area contributed by atoms with Crippen molar-refractivity contribution in [3.05, 3.63) is 118 Å². The van der Waals surface area contributed by atoms with Gasteiger partial charge in [0.2, 0.25) is 20.0 Å². The van der Waals surface area contributed by atoms with Gasteiger partial charge in [-0.2, -0.15) is 9.98 Å². The Balaban J connectivity index is 0.850. The van der Waals surface area contributed by atoms with Crippen molar-refractivity contribution in [2.45, 2.75) is 35.8 Å². The molecule has 2 atom stereocenters. The van der Waals surface area contributed by atoms with Gasteiger partial charge >= 0.3 is 0 Å². The lowest BCUT2D eigenvalue weighted by molar-refractivity contribution is -0.146. The van der Waals surface area contributed by atoms with Crippen molar-refractivity contribution in [2.24, 2.45) is 32.9 Å². The molecule has 0 spiro atoms. The lowest BCUT2D eigenvalue weighted by Crippen LogP contribution is -2.50. The number of aliphatic hydroxyl groups excluding tert-OH is 2. The number of carbonyl (C=O) groups is 4. The molecular weight excluding hydrogens is 1460 g/mol. The van der Waals surface area contributed by atoms with Gasteiger partial charge in [0.1, 0.15) is 11.5 Å². The number of halogens is 4. The van der Waals surface area contributed by atoms with Crippen LogP contribution < -0.4 is 52.5 Å². The first kappa shape index (κ1) is 90.2.